The Balaban J connectivity index is 1.73. The minimum Gasteiger partial charge on any atom is -0.352 e. The van der Waals surface area contributed by atoms with Gasteiger partial charge >= 0.3 is 12.1 Å². The zero-order valence-electron chi connectivity index (χ0n) is 13.4. The van der Waals surface area contributed by atoms with Crippen LogP contribution in [0.3, 0.4) is 0 Å². The van der Waals surface area contributed by atoms with Crippen LogP contribution in [-0.4, -0.2) is 42.5 Å². The van der Waals surface area contributed by atoms with E-state index in [-0.39, 0.29) is 30.7 Å². The molecule has 1 aromatic carbocycles. The normalized spacial score (nSPS) is 16.2. The molecule has 0 bridgehead atoms. The summed E-state index contributed by atoms with van der Waals surface area (Å²) in [6.45, 7) is 0.398. The summed E-state index contributed by atoms with van der Waals surface area (Å²) >= 11 is 0. The number of amides is 2. The second kappa shape index (κ2) is 8.13. The molecule has 0 aromatic heterocycles. The number of hydrogen-bond acceptors (Lipinski definition) is 2. The molecule has 25 heavy (non-hydrogen) atoms. The maximum atomic E-state index is 12.8. The minimum atomic E-state index is -4.84. The smallest absolute Gasteiger partial charge is 0.352 e. The molecule has 1 aliphatic rings. The maximum absolute atomic E-state index is 12.8. The molecule has 1 aromatic rings. The van der Waals surface area contributed by atoms with E-state index in [0.717, 1.165) is 4.90 Å². The summed E-state index contributed by atoms with van der Waals surface area (Å²) < 4.78 is 49.8. The van der Waals surface area contributed by atoms with Crippen molar-refractivity contribution in [1.29, 1.82) is 0 Å². The Kier molecular flexibility index (Phi) is 6.17. The van der Waals surface area contributed by atoms with Crippen molar-refractivity contribution in [2.24, 2.45) is 5.92 Å². The summed E-state index contributed by atoms with van der Waals surface area (Å²) in [5, 5.41) is 2.68. The molecule has 0 unspecified atom stereocenters. The zero-order chi connectivity index (χ0) is 18.4. The SMILES string of the molecule is O=C(/C=C/c1ccc(F)cc1)NCC1CCN(C(=O)C(F)(F)F)CC1. The number of benzene rings is 1. The molecule has 1 fully saturated rings. The van der Waals surface area contributed by atoms with Crippen molar-refractivity contribution in [3.8, 4) is 0 Å². The van der Waals surface area contributed by atoms with Crippen molar-refractivity contribution in [2.45, 2.75) is 19.0 Å². The van der Waals surface area contributed by atoms with Gasteiger partial charge in [-0.15, -0.1) is 0 Å². The van der Waals surface area contributed by atoms with E-state index >= 15 is 0 Å². The number of carbonyl (C=O) groups excluding carboxylic acids is 2. The van der Waals surface area contributed by atoms with Gasteiger partial charge in [0.1, 0.15) is 5.82 Å². The van der Waals surface area contributed by atoms with Crippen LogP contribution in [0, 0.1) is 11.7 Å². The van der Waals surface area contributed by atoms with Crippen molar-refractivity contribution in [3.05, 3.63) is 41.7 Å². The fourth-order valence-electron chi connectivity index (χ4n) is 2.57. The number of carbonyl (C=O) groups is 2. The van der Waals surface area contributed by atoms with E-state index in [1.54, 1.807) is 6.08 Å². The average molecular weight is 358 g/mol. The molecule has 8 heteroatoms. The van der Waals surface area contributed by atoms with Gasteiger partial charge in [0.25, 0.3) is 0 Å². The van der Waals surface area contributed by atoms with Gasteiger partial charge in [-0.1, -0.05) is 12.1 Å². The summed E-state index contributed by atoms with van der Waals surface area (Å²) in [5.74, 6) is -2.48. The molecule has 0 spiro atoms. The summed E-state index contributed by atoms with van der Waals surface area (Å²) in [6.07, 6.45) is -1.17. The molecular weight excluding hydrogens is 340 g/mol. The van der Waals surface area contributed by atoms with Crippen LogP contribution >= 0.6 is 0 Å². The Bertz CT molecular complexity index is 633. The standard InChI is InChI=1S/C17H18F4N2O2/c18-14-4-1-12(2-5-14)3-6-15(24)22-11-13-7-9-23(10-8-13)16(25)17(19,20)21/h1-6,13H,7-11H2,(H,22,24)/b6-3+. The first kappa shape index (κ1) is 19.0. The number of nitrogens with zero attached hydrogens (tertiary/aromatic N) is 1. The zero-order valence-corrected chi connectivity index (χ0v) is 13.4. The van der Waals surface area contributed by atoms with Crippen LogP contribution in [0.5, 0.6) is 0 Å². The lowest BCUT2D eigenvalue weighted by atomic mass is 9.96. The molecule has 0 atom stereocenters. The fraction of sp³-hybridized carbons (Fsp3) is 0.412. The Morgan fingerprint density at radius 3 is 2.32 bits per heavy atom. The molecule has 136 valence electrons. The molecular formula is C17H18F4N2O2. The van der Waals surface area contributed by atoms with Crippen molar-refractivity contribution < 1.29 is 27.2 Å². The van der Waals surface area contributed by atoms with Crippen LogP contribution in [0.4, 0.5) is 17.6 Å². The number of nitrogens with one attached hydrogen (secondary N) is 1. The van der Waals surface area contributed by atoms with E-state index in [1.807, 2.05) is 0 Å². The van der Waals surface area contributed by atoms with Crippen LogP contribution < -0.4 is 5.32 Å². The van der Waals surface area contributed by atoms with Crippen molar-refractivity contribution in [1.82, 2.24) is 10.2 Å². The maximum Gasteiger partial charge on any atom is 0.471 e. The number of piperidine rings is 1. The van der Waals surface area contributed by atoms with Gasteiger partial charge in [-0.3, -0.25) is 9.59 Å². The van der Waals surface area contributed by atoms with Gasteiger partial charge in [-0.25, -0.2) is 4.39 Å². The van der Waals surface area contributed by atoms with E-state index < -0.39 is 12.1 Å². The quantitative estimate of drug-likeness (QED) is 0.665. The minimum absolute atomic E-state index is 0.0282. The highest BCUT2D eigenvalue weighted by Crippen LogP contribution is 2.23. The molecule has 2 rings (SSSR count). The number of hydrogen-bond donors (Lipinski definition) is 1. The molecule has 0 radical (unpaired) electrons. The predicted molar refractivity (Wildman–Crippen MR) is 83.8 cm³/mol. The van der Waals surface area contributed by atoms with Gasteiger partial charge in [0.15, 0.2) is 0 Å². The third-order valence-electron chi connectivity index (χ3n) is 4.01. The average Bonchev–Trinajstić information content (AvgIpc) is 2.58. The number of alkyl halides is 3. The Morgan fingerprint density at radius 1 is 1.16 bits per heavy atom. The Hall–Kier alpha value is -2.38. The second-order valence-corrected chi connectivity index (χ2v) is 5.86. The molecule has 4 nitrogen and oxygen atoms in total. The summed E-state index contributed by atoms with van der Waals surface area (Å²) in [6, 6.07) is 5.64. The molecule has 1 N–H and O–H groups in total. The van der Waals surface area contributed by atoms with E-state index in [0.29, 0.717) is 24.9 Å². The van der Waals surface area contributed by atoms with Crippen molar-refractivity contribution in [2.75, 3.05) is 19.6 Å². The summed E-state index contributed by atoms with van der Waals surface area (Å²) in [4.78, 5) is 23.7. The van der Waals surface area contributed by atoms with E-state index in [1.165, 1.54) is 30.3 Å². The highest BCUT2D eigenvalue weighted by atomic mass is 19.4. The first-order valence-corrected chi connectivity index (χ1v) is 7.83. The lowest BCUT2D eigenvalue weighted by Crippen LogP contribution is -2.46. The van der Waals surface area contributed by atoms with E-state index in [4.69, 9.17) is 0 Å². The molecule has 0 aliphatic carbocycles. The second-order valence-electron chi connectivity index (χ2n) is 5.86. The number of rotatable bonds is 4. The van der Waals surface area contributed by atoms with Crippen molar-refractivity contribution >= 4 is 17.9 Å². The first-order valence-electron chi connectivity index (χ1n) is 7.83. The molecule has 2 amide bonds. The van der Waals surface area contributed by atoms with Gasteiger partial charge in [-0.2, -0.15) is 13.2 Å². The van der Waals surface area contributed by atoms with E-state index in [9.17, 15) is 27.2 Å². The van der Waals surface area contributed by atoms with Gasteiger partial charge in [0.2, 0.25) is 5.91 Å². The summed E-state index contributed by atoms with van der Waals surface area (Å²) in [7, 11) is 0. The largest absolute Gasteiger partial charge is 0.471 e. The van der Waals surface area contributed by atoms with Gasteiger partial charge in [-0.05, 0) is 42.5 Å². The molecule has 1 heterocycles. The van der Waals surface area contributed by atoms with Crippen LogP contribution in [0.25, 0.3) is 6.08 Å². The summed E-state index contributed by atoms with van der Waals surface area (Å²) in [5.41, 5.74) is 0.676. The van der Waals surface area contributed by atoms with Crippen LogP contribution in [0.15, 0.2) is 30.3 Å². The lowest BCUT2D eigenvalue weighted by Gasteiger charge is -2.32. The predicted octanol–water partition coefficient (Wildman–Crippen LogP) is 2.76. The van der Waals surface area contributed by atoms with Gasteiger partial charge in [0, 0.05) is 25.7 Å². The monoisotopic (exact) mass is 358 g/mol. The molecule has 1 aliphatic heterocycles. The lowest BCUT2D eigenvalue weighted by molar-refractivity contribution is -0.186. The third kappa shape index (κ3) is 5.88. The molecule has 0 saturated carbocycles. The third-order valence-corrected chi connectivity index (χ3v) is 4.01. The highest BCUT2D eigenvalue weighted by molar-refractivity contribution is 5.91. The Morgan fingerprint density at radius 2 is 1.76 bits per heavy atom. The Labute approximate surface area is 142 Å². The number of halogens is 4. The highest BCUT2D eigenvalue weighted by Gasteiger charge is 2.43. The van der Waals surface area contributed by atoms with Crippen LogP contribution in [-0.2, 0) is 9.59 Å². The molecule has 1 saturated heterocycles. The van der Waals surface area contributed by atoms with Gasteiger partial charge in [0.05, 0.1) is 0 Å². The van der Waals surface area contributed by atoms with Crippen molar-refractivity contribution in [3.63, 3.8) is 0 Å². The van der Waals surface area contributed by atoms with Crippen LogP contribution in [0.1, 0.15) is 18.4 Å². The van der Waals surface area contributed by atoms with Gasteiger partial charge < -0.3 is 10.2 Å². The topological polar surface area (TPSA) is 49.4 Å². The van der Waals surface area contributed by atoms with E-state index in [2.05, 4.69) is 5.32 Å². The first-order chi connectivity index (χ1) is 11.8. The van der Waals surface area contributed by atoms with Crippen LogP contribution in [0.2, 0.25) is 0 Å². The fourth-order valence-corrected chi connectivity index (χ4v) is 2.57. The number of likely N-dealkylation sites (tertiary alicyclic amines) is 1.